The Balaban J connectivity index is 2.20. The van der Waals surface area contributed by atoms with Gasteiger partial charge in [0.1, 0.15) is 72.9 Å². The number of nitrogens with one attached hydrogen (secondary N) is 9. The highest BCUT2D eigenvalue weighted by molar-refractivity contribution is 7.99. The number of carbonyl (C=O) groups is 11. The van der Waals surface area contributed by atoms with Gasteiger partial charge in [-0.1, -0.05) is 59.2 Å². The number of benzene rings is 1. The van der Waals surface area contributed by atoms with Gasteiger partial charge in [-0.15, -0.1) is 0 Å². The monoisotopic (exact) mass is 1220 g/mol. The molecule has 13 N–H and O–H groups in total. The number of nitrogens with zero attached hydrogens (tertiary/aromatic N) is 1. The maximum absolute atomic E-state index is 14.5. The van der Waals surface area contributed by atoms with E-state index in [2.05, 4.69) is 53.0 Å². The van der Waals surface area contributed by atoms with Gasteiger partial charge in [0.05, 0.1) is 19.6 Å². The number of amides is 10. The summed E-state index contributed by atoms with van der Waals surface area (Å²) in [5.74, 6) is -10.6. The summed E-state index contributed by atoms with van der Waals surface area (Å²) < 4.78 is 6.21. The number of hydrogen-bond donors (Lipinski definition) is 12. The van der Waals surface area contributed by atoms with Crippen LogP contribution in [-0.2, 0) is 69.1 Å². The predicted molar refractivity (Wildman–Crippen MR) is 316 cm³/mol. The first kappa shape index (κ1) is 70.9. The minimum atomic E-state index is -1.81. The Morgan fingerprint density at radius 1 is 0.687 bits per heavy atom. The average molecular weight is 1220 g/mol. The van der Waals surface area contributed by atoms with E-state index in [4.69, 9.17) is 15.3 Å². The van der Waals surface area contributed by atoms with Crippen molar-refractivity contribution >= 4 is 107 Å². The van der Waals surface area contributed by atoms with Crippen molar-refractivity contribution in [3.63, 3.8) is 0 Å². The molecule has 464 valence electrons. The molecule has 0 saturated carbocycles. The van der Waals surface area contributed by atoms with Crippen LogP contribution in [0.1, 0.15) is 111 Å². The number of oxime groups is 1. The molecule has 10 atom stereocenters. The minimum absolute atomic E-state index is 0.0226. The third kappa shape index (κ3) is 25.6. The number of aliphatic carboxylic acids is 1. The number of hydrogen-bond acceptors (Lipinski definition) is 18. The second kappa shape index (κ2) is 37.1. The molecule has 83 heavy (non-hydrogen) atoms. The number of rotatable bonds is 12. The molecule has 0 radical (unpaired) electrons. The second-order valence-corrected chi connectivity index (χ2v) is 24.2. The van der Waals surface area contributed by atoms with Crippen molar-refractivity contribution < 1.29 is 72.5 Å². The van der Waals surface area contributed by atoms with E-state index in [1.54, 1.807) is 47.8 Å². The molecule has 0 saturated heterocycles. The van der Waals surface area contributed by atoms with Crippen molar-refractivity contribution in [2.24, 2.45) is 28.6 Å². The summed E-state index contributed by atoms with van der Waals surface area (Å²) in [6, 6.07) is -7.20. The van der Waals surface area contributed by atoms with Gasteiger partial charge in [-0.2, -0.15) is 35.3 Å². The van der Waals surface area contributed by atoms with Crippen molar-refractivity contribution in [1.82, 2.24) is 47.9 Å². The molecular formula is C54H85N11O15S3. The summed E-state index contributed by atoms with van der Waals surface area (Å²) in [5.41, 5.74) is 7.25. The lowest BCUT2D eigenvalue weighted by atomic mass is 9.96. The lowest BCUT2D eigenvalue weighted by Gasteiger charge is -2.30. The maximum Gasteiger partial charge on any atom is 0.305 e. The molecule has 0 spiro atoms. The van der Waals surface area contributed by atoms with E-state index in [1.807, 2.05) is 18.2 Å². The van der Waals surface area contributed by atoms with E-state index in [0.29, 0.717) is 37.4 Å². The number of carbonyl (C=O) groups excluding carboxylic acids is 10. The van der Waals surface area contributed by atoms with Crippen LogP contribution in [0.2, 0.25) is 0 Å². The second-order valence-electron chi connectivity index (χ2n) is 21.1. The zero-order chi connectivity index (χ0) is 61.8. The average Bonchev–Trinajstić information content (AvgIpc) is 3.60. The van der Waals surface area contributed by atoms with Gasteiger partial charge in [0.25, 0.3) is 5.91 Å². The Kier molecular flexibility index (Phi) is 31.7. The van der Waals surface area contributed by atoms with Crippen LogP contribution >= 0.6 is 35.3 Å². The number of primary amides is 1. The van der Waals surface area contributed by atoms with Gasteiger partial charge in [-0.3, -0.25) is 52.7 Å². The molecule has 0 fully saturated rings. The molecule has 0 aromatic heterocycles. The van der Waals surface area contributed by atoms with Crippen LogP contribution in [0.4, 0.5) is 0 Å². The lowest BCUT2D eigenvalue weighted by molar-refractivity contribution is -0.142. The van der Waals surface area contributed by atoms with Gasteiger partial charge in [-0.05, 0) is 98.5 Å². The van der Waals surface area contributed by atoms with E-state index in [9.17, 15) is 63.0 Å². The first-order chi connectivity index (χ1) is 39.4. The van der Waals surface area contributed by atoms with Crippen LogP contribution in [0, 0.1) is 17.8 Å². The minimum Gasteiger partial charge on any atom is -0.494 e. The largest absolute Gasteiger partial charge is 0.494 e. The van der Waals surface area contributed by atoms with E-state index in [0.717, 1.165) is 30.2 Å². The van der Waals surface area contributed by atoms with Gasteiger partial charge in [-0.25, -0.2) is 0 Å². The van der Waals surface area contributed by atoms with Gasteiger partial charge >= 0.3 is 5.97 Å². The third-order valence-corrected chi connectivity index (χ3v) is 16.1. The number of aliphatic hydroxyl groups excluding tert-OH is 1. The van der Waals surface area contributed by atoms with Gasteiger partial charge in [0.2, 0.25) is 53.2 Å². The van der Waals surface area contributed by atoms with Crippen molar-refractivity contribution in [2.45, 2.75) is 166 Å². The number of ether oxygens (including phenoxy) is 1. The zero-order valence-corrected chi connectivity index (χ0v) is 51.0. The first-order valence-corrected chi connectivity index (χ1v) is 31.5. The standard InChI is InChI=1S/C54H85N11O15S3/c1-9-31(6)45-54(78)61-39(24-66)51(75)62-40(46(55)70)27-82-25-33-19-34-21-35(20-33)79-15-12-10-11-13-16-80-56-23-42(67)57-32(7)47(71)63-41(28-83-26-34)52(76)58-36(14-17-81-8)48(72)59-37(18-29(2)3)49(73)60-38(22-43(68)69)50(74)64-44(30(4)5)53(77)65-45/h19-21,23,29-32,36-41,44-45,66H,9-18,22,24-28H2,1-8H3,(H2,55,70)(H,57,67)(H,58,76)(H,59,72)(H,60,73)(H,61,78)(H,62,75)(H,63,71)(H,64,74)(H,65,77)(H,68,69)/b56-23+/t31-,32-,36-,37-,38-,39-,40-,41-,44-,45-/m0/s1. The van der Waals surface area contributed by atoms with Gasteiger partial charge in [0.15, 0.2) is 0 Å². The lowest BCUT2D eigenvalue weighted by Crippen LogP contribution is -2.62. The fraction of sp³-hybridized carbons (Fsp3) is 0.667. The molecular weight excluding hydrogens is 1140 g/mol. The summed E-state index contributed by atoms with van der Waals surface area (Å²) >= 11 is 3.85. The molecule has 1 aromatic rings. The number of carboxylic acid groups (broad SMARTS) is 1. The SMILES string of the molecule is CC[C@H](C)[C@@H]1NC(=O)[C@H](C(C)C)NC(=O)[C@H](CC(=O)O)NC(=O)[C@H](CC(C)C)NC(=O)[C@H](CCSC)NC(=O)[C@@H]2CSCc3cc(cc(c3)OCCCCCCO/N=C/C(=O)N[C@@H](C)C(=O)N2)CSC[C@@H](C(N)=O)NC(=O)[C@H](CO)NC1=O. The molecule has 29 heteroatoms. The number of aliphatic hydroxyl groups is 1. The van der Waals surface area contributed by atoms with E-state index in [1.165, 1.54) is 42.2 Å². The summed E-state index contributed by atoms with van der Waals surface area (Å²) in [4.78, 5) is 156. The molecule has 0 aliphatic carbocycles. The fourth-order valence-electron chi connectivity index (χ4n) is 8.38. The first-order valence-electron chi connectivity index (χ1n) is 27.8. The molecule has 4 bridgehead atoms. The molecule has 10 amide bonds. The van der Waals surface area contributed by atoms with Crippen molar-refractivity contribution in [3.8, 4) is 5.75 Å². The number of thioether (sulfide) groups is 3. The van der Waals surface area contributed by atoms with Crippen LogP contribution in [0.15, 0.2) is 23.4 Å². The number of carboxylic acids is 1. The van der Waals surface area contributed by atoms with Gasteiger partial charge < -0.3 is 73.4 Å². The van der Waals surface area contributed by atoms with Crippen LogP contribution in [0.5, 0.6) is 5.75 Å². The maximum atomic E-state index is 14.5. The normalized spacial score (nSPS) is 26.3. The van der Waals surface area contributed by atoms with E-state index in [-0.39, 0.29) is 48.4 Å². The quantitative estimate of drug-likeness (QED) is 0.131. The molecule has 2 aliphatic heterocycles. The molecule has 1 aromatic carbocycles. The summed E-state index contributed by atoms with van der Waals surface area (Å²) in [6.45, 7) is 11.1. The van der Waals surface area contributed by atoms with Crippen molar-refractivity contribution in [2.75, 3.05) is 43.3 Å². The van der Waals surface area contributed by atoms with Crippen LogP contribution in [0.25, 0.3) is 0 Å². The van der Waals surface area contributed by atoms with Crippen molar-refractivity contribution in [3.05, 3.63) is 29.3 Å². The third-order valence-electron chi connectivity index (χ3n) is 13.3. The van der Waals surface area contributed by atoms with Crippen molar-refractivity contribution in [1.29, 1.82) is 0 Å². The molecule has 2 aliphatic rings. The Labute approximate surface area is 497 Å². The molecule has 2 heterocycles. The Morgan fingerprint density at radius 3 is 1.86 bits per heavy atom. The summed E-state index contributed by atoms with van der Waals surface area (Å²) in [6.07, 6.45) is 4.95. The Morgan fingerprint density at radius 2 is 1.25 bits per heavy atom. The molecule has 26 nitrogen and oxygen atoms in total. The smallest absolute Gasteiger partial charge is 0.305 e. The topological polar surface area (TPSA) is 393 Å². The van der Waals surface area contributed by atoms with Crippen LogP contribution in [0.3, 0.4) is 0 Å². The highest BCUT2D eigenvalue weighted by Gasteiger charge is 2.37. The fourth-order valence-corrected chi connectivity index (χ4v) is 10.8. The van der Waals surface area contributed by atoms with Crippen LogP contribution < -0.4 is 58.3 Å². The Hall–Kier alpha value is -6.33. The highest BCUT2D eigenvalue weighted by atomic mass is 32.2. The molecule has 0 unspecified atom stereocenters. The number of fused-ring (bicyclic) bond motifs is 5. The van der Waals surface area contributed by atoms with Gasteiger partial charge in [0, 0.05) is 23.0 Å². The van der Waals surface area contributed by atoms with E-state index >= 15 is 0 Å². The van der Waals surface area contributed by atoms with E-state index < -0.39 is 144 Å². The summed E-state index contributed by atoms with van der Waals surface area (Å²) in [5, 5.41) is 47.1. The highest BCUT2D eigenvalue weighted by Crippen LogP contribution is 2.26. The number of nitrogens with two attached hydrogens (primary N) is 1. The van der Waals surface area contributed by atoms with Crippen LogP contribution in [-0.4, -0.2) is 179 Å². The Bertz CT molecular complexity index is 2420. The molecule has 3 rings (SSSR count). The summed E-state index contributed by atoms with van der Waals surface area (Å²) in [7, 11) is 0. The zero-order valence-electron chi connectivity index (χ0n) is 48.5. The predicted octanol–water partition coefficient (Wildman–Crippen LogP) is -0.0415.